The van der Waals surface area contributed by atoms with Gasteiger partial charge in [-0.05, 0) is 33.4 Å². The van der Waals surface area contributed by atoms with Crippen molar-refractivity contribution >= 4 is 16.2 Å². The Morgan fingerprint density at radius 1 is 1.32 bits per heavy atom. The van der Waals surface area contributed by atoms with Gasteiger partial charge in [-0.2, -0.15) is 12.7 Å². The lowest BCUT2D eigenvalue weighted by molar-refractivity contribution is -0.137. The number of hydrogen-bond acceptors (Lipinski definition) is 4. The molecular weight excluding hydrogens is 270 g/mol. The maximum absolute atomic E-state index is 12.0. The number of likely N-dealkylation sites (N-methyl/N-ethyl adjacent to an activating group) is 1. The Labute approximate surface area is 114 Å². The molecule has 0 radical (unpaired) electrons. The highest BCUT2D eigenvalue weighted by Crippen LogP contribution is 2.35. The van der Waals surface area contributed by atoms with E-state index >= 15 is 0 Å². The summed E-state index contributed by atoms with van der Waals surface area (Å²) in [7, 11) is 1.67. The van der Waals surface area contributed by atoms with Crippen molar-refractivity contribution in [2.75, 3.05) is 34.2 Å². The molecule has 0 bridgehead atoms. The first kappa shape index (κ1) is 16.4. The molecule has 7 nitrogen and oxygen atoms in total. The SMILES string of the molecule is CN(C)C1(CNS(=O)(=O)N(C)CCC(=O)O)CCC1. The van der Waals surface area contributed by atoms with Crippen molar-refractivity contribution in [3.8, 4) is 0 Å². The molecule has 0 amide bonds. The molecule has 0 aromatic heterocycles. The Kier molecular flexibility index (Phi) is 5.31. The number of nitrogens with zero attached hydrogens (tertiary/aromatic N) is 2. The van der Waals surface area contributed by atoms with Gasteiger partial charge >= 0.3 is 5.97 Å². The van der Waals surface area contributed by atoms with Gasteiger partial charge in [-0.3, -0.25) is 4.79 Å². The van der Waals surface area contributed by atoms with E-state index in [0.29, 0.717) is 6.54 Å². The van der Waals surface area contributed by atoms with Crippen LogP contribution in [0.1, 0.15) is 25.7 Å². The number of aliphatic carboxylic acids is 1. The van der Waals surface area contributed by atoms with Gasteiger partial charge in [0.1, 0.15) is 0 Å². The molecule has 1 aliphatic carbocycles. The first-order valence-electron chi connectivity index (χ1n) is 6.30. The molecule has 1 fully saturated rings. The van der Waals surface area contributed by atoms with Gasteiger partial charge in [0, 0.05) is 25.7 Å². The van der Waals surface area contributed by atoms with Crippen molar-refractivity contribution < 1.29 is 18.3 Å². The van der Waals surface area contributed by atoms with E-state index in [9.17, 15) is 13.2 Å². The molecule has 0 saturated heterocycles. The second-order valence-corrected chi connectivity index (χ2v) is 7.13. The van der Waals surface area contributed by atoms with Crippen LogP contribution in [0.2, 0.25) is 0 Å². The predicted molar refractivity (Wildman–Crippen MR) is 72.1 cm³/mol. The number of carbonyl (C=O) groups is 1. The normalized spacial score (nSPS) is 18.6. The van der Waals surface area contributed by atoms with Crippen molar-refractivity contribution in [3.63, 3.8) is 0 Å². The minimum atomic E-state index is -3.61. The van der Waals surface area contributed by atoms with Gasteiger partial charge in [0.25, 0.3) is 10.2 Å². The molecule has 0 heterocycles. The Morgan fingerprint density at radius 2 is 1.89 bits per heavy atom. The lowest BCUT2D eigenvalue weighted by Gasteiger charge is -2.47. The van der Waals surface area contributed by atoms with E-state index in [1.165, 1.54) is 7.05 Å². The van der Waals surface area contributed by atoms with Crippen LogP contribution < -0.4 is 4.72 Å². The van der Waals surface area contributed by atoms with E-state index in [0.717, 1.165) is 23.6 Å². The quantitative estimate of drug-likeness (QED) is 0.642. The maximum atomic E-state index is 12.0. The van der Waals surface area contributed by atoms with E-state index in [1.54, 1.807) is 0 Å². The van der Waals surface area contributed by atoms with E-state index in [4.69, 9.17) is 5.11 Å². The molecule has 1 aliphatic rings. The number of carboxylic acids is 1. The van der Waals surface area contributed by atoms with Crippen LogP contribution in [0.5, 0.6) is 0 Å². The summed E-state index contributed by atoms with van der Waals surface area (Å²) < 4.78 is 27.5. The van der Waals surface area contributed by atoms with Crippen molar-refractivity contribution in [3.05, 3.63) is 0 Å². The van der Waals surface area contributed by atoms with Crippen LogP contribution >= 0.6 is 0 Å². The number of carboxylic acid groups (broad SMARTS) is 1. The molecule has 0 aliphatic heterocycles. The highest BCUT2D eigenvalue weighted by molar-refractivity contribution is 7.87. The van der Waals surface area contributed by atoms with Crippen LogP contribution in [0.15, 0.2) is 0 Å². The molecule has 0 spiro atoms. The summed E-state index contributed by atoms with van der Waals surface area (Å²) in [5.74, 6) is -1.01. The van der Waals surface area contributed by atoms with Crippen molar-refractivity contribution in [1.82, 2.24) is 13.9 Å². The Balaban J connectivity index is 2.52. The van der Waals surface area contributed by atoms with Crippen LogP contribution in [0.3, 0.4) is 0 Å². The largest absolute Gasteiger partial charge is 0.481 e. The van der Waals surface area contributed by atoms with Crippen molar-refractivity contribution in [1.29, 1.82) is 0 Å². The Morgan fingerprint density at radius 3 is 2.26 bits per heavy atom. The molecule has 0 unspecified atom stereocenters. The highest BCUT2D eigenvalue weighted by atomic mass is 32.2. The smallest absolute Gasteiger partial charge is 0.304 e. The van der Waals surface area contributed by atoms with Gasteiger partial charge in [-0.1, -0.05) is 0 Å². The summed E-state index contributed by atoms with van der Waals surface area (Å²) in [6, 6.07) is 0. The second kappa shape index (κ2) is 6.17. The van der Waals surface area contributed by atoms with Gasteiger partial charge in [0.2, 0.25) is 0 Å². The second-order valence-electron chi connectivity index (χ2n) is 5.26. The minimum Gasteiger partial charge on any atom is -0.481 e. The lowest BCUT2D eigenvalue weighted by atomic mass is 9.76. The Hall–Kier alpha value is -0.700. The molecular formula is C11H23N3O4S. The number of rotatable bonds is 8. The molecule has 1 saturated carbocycles. The third-order valence-electron chi connectivity index (χ3n) is 3.87. The van der Waals surface area contributed by atoms with Crippen LogP contribution in [-0.2, 0) is 15.0 Å². The zero-order valence-electron chi connectivity index (χ0n) is 11.7. The standard InChI is InChI=1S/C11H23N3O4S/c1-13(2)11(6-4-7-11)9-12-19(17,18)14(3)8-5-10(15)16/h12H,4-9H2,1-3H3,(H,15,16). The first-order chi connectivity index (χ1) is 8.69. The van der Waals surface area contributed by atoms with Gasteiger partial charge in [0.05, 0.1) is 6.42 Å². The minimum absolute atomic E-state index is 0.0281. The van der Waals surface area contributed by atoms with Gasteiger partial charge in [-0.15, -0.1) is 0 Å². The molecule has 1 rings (SSSR count). The topological polar surface area (TPSA) is 90.0 Å². The van der Waals surface area contributed by atoms with Crippen molar-refractivity contribution in [2.24, 2.45) is 0 Å². The van der Waals surface area contributed by atoms with E-state index < -0.39 is 16.2 Å². The summed E-state index contributed by atoms with van der Waals surface area (Å²) in [5.41, 5.74) is -0.0965. The van der Waals surface area contributed by atoms with Crippen LogP contribution in [0, 0.1) is 0 Å². The highest BCUT2D eigenvalue weighted by Gasteiger charge is 2.40. The molecule has 0 aromatic rings. The fourth-order valence-electron chi connectivity index (χ4n) is 2.08. The van der Waals surface area contributed by atoms with Crippen molar-refractivity contribution in [2.45, 2.75) is 31.2 Å². The third-order valence-corrected chi connectivity index (χ3v) is 5.38. The number of hydrogen-bond donors (Lipinski definition) is 2. The number of nitrogens with one attached hydrogen (secondary N) is 1. The summed E-state index contributed by atoms with van der Waals surface area (Å²) in [5, 5.41) is 8.56. The molecule has 0 atom stereocenters. The van der Waals surface area contributed by atoms with E-state index in [-0.39, 0.29) is 18.5 Å². The van der Waals surface area contributed by atoms with Crippen LogP contribution in [0.25, 0.3) is 0 Å². The third kappa shape index (κ3) is 4.13. The molecule has 112 valence electrons. The van der Waals surface area contributed by atoms with Gasteiger partial charge in [0.15, 0.2) is 0 Å². The van der Waals surface area contributed by atoms with E-state index in [1.807, 2.05) is 14.1 Å². The predicted octanol–water partition coefficient (Wildman–Crippen LogP) is -0.288. The molecule has 8 heteroatoms. The molecule has 0 aromatic carbocycles. The lowest BCUT2D eigenvalue weighted by Crippen LogP contribution is -2.58. The monoisotopic (exact) mass is 293 g/mol. The maximum Gasteiger partial charge on any atom is 0.304 e. The van der Waals surface area contributed by atoms with Crippen LogP contribution in [0.4, 0.5) is 0 Å². The van der Waals surface area contributed by atoms with E-state index in [2.05, 4.69) is 9.62 Å². The molecule has 19 heavy (non-hydrogen) atoms. The zero-order chi connectivity index (χ0) is 14.7. The van der Waals surface area contributed by atoms with Gasteiger partial charge < -0.3 is 10.0 Å². The average Bonchev–Trinajstić information content (AvgIpc) is 2.23. The van der Waals surface area contributed by atoms with Crippen LogP contribution in [-0.4, -0.2) is 68.5 Å². The van der Waals surface area contributed by atoms with Gasteiger partial charge in [-0.25, -0.2) is 4.72 Å². The fourth-order valence-corrected chi connectivity index (χ4v) is 3.08. The zero-order valence-corrected chi connectivity index (χ0v) is 12.5. The Bertz CT molecular complexity index is 418. The summed E-state index contributed by atoms with van der Waals surface area (Å²) in [4.78, 5) is 12.5. The molecule has 2 N–H and O–H groups in total. The average molecular weight is 293 g/mol. The summed E-state index contributed by atoms with van der Waals surface area (Å²) in [6.45, 7) is 0.333. The summed E-state index contributed by atoms with van der Waals surface area (Å²) in [6.07, 6.45) is 2.85. The fraction of sp³-hybridized carbons (Fsp3) is 0.909. The summed E-state index contributed by atoms with van der Waals surface area (Å²) >= 11 is 0. The first-order valence-corrected chi connectivity index (χ1v) is 7.74.